The number of carbonyl (C=O) groups excluding carboxylic acids is 2. The molecule has 4 rings (SSSR count). The highest BCUT2D eigenvalue weighted by Crippen LogP contribution is 2.26. The molecule has 7 heteroatoms. The van der Waals surface area contributed by atoms with Gasteiger partial charge in [0.2, 0.25) is 0 Å². The maximum absolute atomic E-state index is 12.4. The Labute approximate surface area is 186 Å². The van der Waals surface area contributed by atoms with Crippen LogP contribution in [0, 0.1) is 0 Å². The maximum atomic E-state index is 12.4. The van der Waals surface area contributed by atoms with Crippen molar-refractivity contribution in [3.63, 3.8) is 0 Å². The molecule has 1 fully saturated rings. The minimum Gasteiger partial charge on any atom is -0.372 e. The normalized spacial score (nSPS) is 14.5. The molecule has 0 spiro atoms. The Kier molecular flexibility index (Phi) is 6.62. The molecule has 1 aromatic heterocycles. The molecule has 3 aromatic rings. The van der Waals surface area contributed by atoms with Crippen LogP contribution in [0.4, 0.5) is 5.69 Å². The smallest absolute Gasteiger partial charge is 0.259 e. The van der Waals surface area contributed by atoms with Crippen LogP contribution >= 0.6 is 11.3 Å². The Balaban J connectivity index is 1.29. The molecular weight excluding hydrogens is 408 g/mol. The van der Waals surface area contributed by atoms with Gasteiger partial charge in [0.1, 0.15) is 0 Å². The molecule has 6 nitrogen and oxygen atoms in total. The minimum absolute atomic E-state index is 0.131. The molecule has 0 aliphatic carbocycles. The van der Waals surface area contributed by atoms with E-state index in [4.69, 9.17) is 0 Å². The number of amides is 2. The fourth-order valence-corrected chi connectivity index (χ4v) is 4.75. The molecule has 0 atom stereocenters. The van der Waals surface area contributed by atoms with E-state index < -0.39 is 0 Å². The van der Waals surface area contributed by atoms with Crippen molar-refractivity contribution in [2.75, 3.05) is 24.5 Å². The quantitative estimate of drug-likeness (QED) is 0.452. The Hall–Kier alpha value is -3.19. The van der Waals surface area contributed by atoms with Crippen molar-refractivity contribution in [1.29, 1.82) is 0 Å². The van der Waals surface area contributed by atoms with Crippen molar-refractivity contribution in [3.8, 4) is 0 Å². The summed E-state index contributed by atoms with van der Waals surface area (Å²) in [4.78, 5) is 26.9. The first kappa shape index (κ1) is 21.1. The second-order valence-corrected chi connectivity index (χ2v) is 8.57. The van der Waals surface area contributed by atoms with Gasteiger partial charge in [-0.05, 0) is 56.5 Å². The summed E-state index contributed by atoms with van der Waals surface area (Å²) in [6, 6.07) is 15.6. The van der Waals surface area contributed by atoms with E-state index in [0.717, 1.165) is 35.4 Å². The number of nitrogens with zero attached hydrogens (tertiary/aromatic N) is 2. The van der Waals surface area contributed by atoms with Crippen LogP contribution in [-0.2, 0) is 4.79 Å². The van der Waals surface area contributed by atoms with E-state index in [1.165, 1.54) is 24.0 Å². The summed E-state index contributed by atoms with van der Waals surface area (Å²) in [5.74, 6) is -0.637. The third-order valence-corrected chi connectivity index (χ3v) is 6.44. The van der Waals surface area contributed by atoms with Crippen LogP contribution in [0.3, 0.4) is 0 Å². The monoisotopic (exact) mass is 434 g/mol. The van der Waals surface area contributed by atoms with E-state index in [2.05, 4.69) is 26.8 Å². The van der Waals surface area contributed by atoms with Gasteiger partial charge in [-0.2, -0.15) is 5.10 Å². The van der Waals surface area contributed by atoms with Gasteiger partial charge in [0.15, 0.2) is 0 Å². The van der Waals surface area contributed by atoms with E-state index in [0.29, 0.717) is 5.56 Å². The topological polar surface area (TPSA) is 73.8 Å². The zero-order chi connectivity index (χ0) is 21.6. The zero-order valence-corrected chi connectivity index (χ0v) is 18.4. The number of benzene rings is 2. The van der Waals surface area contributed by atoms with Crippen LogP contribution in [0.15, 0.2) is 59.0 Å². The number of anilines is 1. The van der Waals surface area contributed by atoms with Crippen LogP contribution in [0.25, 0.3) is 10.1 Å². The highest BCUT2D eigenvalue weighted by Gasteiger charge is 2.13. The number of carbonyl (C=O) groups is 2. The largest absolute Gasteiger partial charge is 0.372 e. The Morgan fingerprint density at radius 2 is 1.77 bits per heavy atom. The second kappa shape index (κ2) is 9.75. The number of hydrazone groups is 1. The molecule has 160 valence electrons. The lowest BCUT2D eigenvalue weighted by atomic mass is 10.1. The lowest BCUT2D eigenvalue weighted by molar-refractivity contribution is -0.120. The van der Waals surface area contributed by atoms with Crippen molar-refractivity contribution in [3.05, 3.63) is 65.0 Å². The van der Waals surface area contributed by atoms with Gasteiger partial charge in [0.05, 0.1) is 12.3 Å². The number of thiophene rings is 1. The SMILES string of the molecule is CC(=NNC(=O)CNC(=O)c1ccc(N2CCCCC2)cc1)c1csc2ccccc12. The molecule has 0 saturated carbocycles. The number of hydrogen-bond donors (Lipinski definition) is 2. The summed E-state index contributed by atoms with van der Waals surface area (Å²) in [6.45, 7) is 3.85. The average molecular weight is 435 g/mol. The molecule has 0 radical (unpaired) electrons. The molecule has 2 heterocycles. The Morgan fingerprint density at radius 1 is 1.03 bits per heavy atom. The van der Waals surface area contributed by atoms with Gasteiger partial charge < -0.3 is 10.2 Å². The van der Waals surface area contributed by atoms with Crippen molar-refractivity contribution >= 4 is 44.6 Å². The van der Waals surface area contributed by atoms with E-state index in [1.54, 1.807) is 23.5 Å². The molecule has 2 N–H and O–H groups in total. The number of nitrogens with one attached hydrogen (secondary N) is 2. The summed E-state index contributed by atoms with van der Waals surface area (Å²) < 4.78 is 1.18. The van der Waals surface area contributed by atoms with E-state index in [1.807, 2.05) is 42.6 Å². The van der Waals surface area contributed by atoms with Gasteiger partial charge in [0, 0.05) is 45.4 Å². The van der Waals surface area contributed by atoms with Crippen molar-refractivity contribution in [2.24, 2.45) is 5.10 Å². The molecule has 1 saturated heterocycles. The van der Waals surface area contributed by atoms with Crippen LogP contribution in [0.5, 0.6) is 0 Å². The van der Waals surface area contributed by atoms with Gasteiger partial charge in [-0.3, -0.25) is 9.59 Å². The second-order valence-electron chi connectivity index (χ2n) is 7.65. The summed E-state index contributed by atoms with van der Waals surface area (Å²) in [6.07, 6.45) is 3.70. The van der Waals surface area contributed by atoms with Crippen LogP contribution in [0.1, 0.15) is 42.1 Å². The maximum Gasteiger partial charge on any atom is 0.259 e. The van der Waals surface area contributed by atoms with Crippen LogP contribution < -0.4 is 15.6 Å². The van der Waals surface area contributed by atoms with Crippen molar-refractivity contribution in [2.45, 2.75) is 26.2 Å². The Bertz CT molecular complexity index is 1100. The van der Waals surface area contributed by atoms with Gasteiger partial charge in [0.25, 0.3) is 11.8 Å². The lowest BCUT2D eigenvalue weighted by Gasteiger charge is -2.28. The van der Waals surface area contributed by atoms with Gasteiger partial charge in [-0.1, -0.05) is 18.2 Å². The fourth-order valence-electron chi connectivity index (χ4n) is 3.74. The molecule has 1 aliphatic rings. The predicted molar refractivity (Wildman–Crippen MR) is 127 cm³/mol. The standard InChI is InChI=1S/C24H26N4O2S/c1-17(21-16-31-22-8-4-3-7-20(21)22)26-27-23(29)15-25-24(30)18-9-11-19(12-10-18)28-13-5-2-6-14-28/h3-4,7-12,16H,2,5-6,13-15H2,1H3,(H,25,30)(H,27,29). The first-order chi connectivity index (χ1) is 15.1. The third kappa shape index (κ3) is 5.11. The van der Waals surface area contributed by atoms with Gasteiger partial charge in [-0.15, -0.1) is 11.3 Å². The van der Waals surface area contributed by atoms with E-state index in [9.17, 15) is 9.59 Å². The van der Waals surface area contributed by atoms with Crippen LogP contribution in [-0.4, -0.2) is 37.2 Å². The van der Waals surface area contributed by atoms with Gasteiger partial charge >= 0.3 is 0 Å². The van der Waals surface area contributed by atoms with E-state index in [-0.39, 0.29) is 18.4 Å². The molecule has 2 aromatic carbocycles. The van der Waals surface area contributed by atoms with Crippen LogP contribution in [0.2, 0.25) is 0 Å². The lowest BCUT2D eigenvalue weighted by Crippen LogP contribution is -2.35. The average Bonchev–Trinajstić information content (AvgIpc) is 3.26. The summed E-state index contributed by atoms with van der Waals surface area (Å²) >= 11 is 1.64. The first-order valence-corrected chi connectivity index (χ1v) is 11.4. The van der Waals surface area contributed by atoms with Gasteiger partial charge in [-0.25, -0.2) is 5.43 Å². The summed E-state index contributed by atoms with van der Waals surface area (Å²) in [5, 5.41) is 10.00. The summed E-state index contributed by atoms with van der Waals surface area (Å²) in [5.41, 5.74) is 5.93. The highest BCUT2D eigenvalue weighted by atomic mass is 32.1. The van der Waals surface area contributed by atoms with E-state index >= 15 is 0 Å². The predicted octanol–water partition coefficient (Wildman–Crippen LogP) is 4.16. The fraction of sp³-hybridized carbons (Fsp3) is 0.292. The number of fused-ring (bicyclic) bond motifs is 1. The van der Waals surface area contributed by atoms with Crippen molar-refractivity contribution in [1.82, 2.24) is 10.7 Å². The third-order valence-electron chi connectivity index (χ3n) is 5.48. The number of piperidine rings is 1. The molecule has 1 aliphatic heterocycles. The highest BCUT2D eigenvalue weighted by molar-refractivity contribution is 7.17. The molecule has 31 heavy (non-hydrogen) atoms. The Morgan fingerprint density at radius 3 is 2.55 bits per heavy atom. The molecule has 2 amide bonds. The summed E-state index contributed by atoms with van der Waals surface area (Å²) in [7, 11) is 0. The molecule has 0 bridgehead atoms. The molecule has 0 unspecified atom stereocenters. The minimum atomic E-state index is -0.364. The number of rotatable bonds is 6. The van der Waals surface area contributed by atoms with Crippen molar-refractivity contribution < 1.29 is 9.59 Å². The first-order valence-electron chi connectivity index (χ1n) is 10.5. The number of hydrogen-bond acceptors (Lipinski definition) is 5. The zero-order valence-electron chi connectivity index (χ0n) is 17.6. The molecular formula is C24H26N4O2S.